The van der Waals surface area contributed by atoms with Crippen LogP contribution in [-0.4, -0.2) is 34.7 Å². The highest BCUT2D eigenvalue weighted by atomic mass is 32.2. The molecule has 0 bridgehead atoms. The van der Waals surface area contributed by atoms with Gasteiger partial charge in [0.25, 0.3) is 5.91 Å². The normalized spacial score (nSPS) is 10.7. The zero-order chi connectivity index (χ0) is 14.8. The standard InChI is InChI=1S/C14H26N4OS/c1-3-8-11-12(15)13(18-17-11)14(19)16-9-6-4-5-7-10-20-2/h3-10,15H2,1-2H3,(H,16,19)(H,17,18). The number of thioether (sulfide) groups is 1. The Morgan fingerprint density at radius 3 is 2.80 bits per heavy atom. The van der Waals surface area contributed by atoms with Crippen LogP contribution in [0.4, 0.5) is 5.69 Å². The van der Waals surface area contributed by atoms with E-state index in [1.807, 2.05) is 11.8 Å². The Morgan fingerprint density at radius 1 is 1.35 bits per heavy atom. The Hall–Kier alpha value is -1.17. The van der Waals surface area contributed by atoms with Gasteiger partial charge < -0.3 is 11.1 Å². The first kappa shape index (κ1) is 16.9. The van der Waals surface area contributed by atoms with E-state index in [-0.39, 0.29) is 5.91 Å². The van der Waals surface area contributed by atoms with Crippen molar-refractivity contribution < 1.29 is 4.79 Å². The number of anilines is 1. The fraction of sp³-hybridized carbons (Fsp3) is 0.714. The van der Waals surface area contributed by atoms with Crippen molar-refractivity contribution in [2.24, 2.45) is 0 Å². The van der Waals surface area contributed by atoms with Gasteiger partial charge in [-0.25, -0.2) is 0 Å². The number of hydrogen-bond donors (Lipinski definition) is 3. The third kappa shape index (κ3) is 5.45. The summed E-state index contributed by atoms with van der Waals surface area (Å²) < 4.78 is 0. The molecule has 0 aromatic carbocycles. The van der Waals surface area contributed by atoms with Gasteiger partial charge in [0.15, 0.2) is 5.69 Å². The number of rotatable bonds is 10. The summed E-state index contributed by atoms with van der Waals surface area (Å²) in [5.74, 6) is 1.04. The summed E-state index contributed by atoms with van der Waals surface area (Å²) in [7, 11) is 0. The number of aromatic amines is 1. The lowest BCUT2D eigenvalue weighted by Gasteiger charge is -2.04. The summed E-state index contributed by atoms with van der Waals surface area (Å²) in [6.07, 6.45) is 8.56. The summed E-state index contributed by atoms with van der Waals surface area (Å²) in [4.78, 5) is 11.9. The lowest BCUT2D eigenvalue weighted by atomic mass is 10.2. The van der Waals surface area contributed by atoms with Crippen LogP contribution in [0, 0.1) is 0 Å². The summed E-state index contributed by atoms with van der Waals surface area (Å²) in [5.41, 5.74) is 7.59. The molecule has 0 aliphatic heterocycles. The van der Waals surface area contributed by atoms with Crippen molar-refractivity contribution in [1.29, 1.82) is 0 Å². The van der Waals surface area contributed by atoms with E-state index in [1.165, 1.54) is 18.6 Å². The number of unbranched alkanes of at least 4 members (excludes halogenated alkanes) is 3. The van der Waals surface area contributed by atoms with E-state index < -0.39 is 0 Å². The minimum Gasteiger partial charge on any atom is -0.395 e. The number of aromatic nitrogens is 2. The second-order valence-electron chi connectivity index (χ2n) is 4.88. The van der Waals surface area contributed by atoms with E-state index in [9.17, 15) is 4.79 Å². The molecule has 0 aliphatic carbocycles. The number of carbonyl (C=O) groups is 1. The third-order valence-corrected chi connectivity index (χ3v) is 3.86. The van der Waals surface area contributed by atoms with Crippen LogP contribution in [0.15, 0.2) is 0 Å². The second-order valence-corrected chi connectivity index (χ2v) is 5.86. The molecule has 1 amide bonds. The first-order valence-electron chi connectivity index (χ1n) is 7.30. The highest BCUT2D eigenvalue weighted by molar-refractivity contribution is 7.98. The summed E-state index contributed by atoms with van der Waals surface area (Å²) in [6.45, 7) is 2.75. The maximum atomic E-state index is 11.9. The Labute approximate surface area is 125 Å². The van der Waals surface area contributed by atoms with Crippen LogP contribution in [0.1, 0.15) is 55.2 Å². The number of nitrogens with one attached hydrogen (secondary N) is 2. The molecule has 4 N–H and O–H groups in total. The van der Waals surface area contributed by atoms with E-state index in [0.29, 0.717) is 17.9 Å². The lowest BCUT2D eigenvalue weighted by molar-refractivity contribution is 0.0949. The number of H-pyrrole nitrogens is 1. The average molecular weight is 298 g/mol. The van der Waals surface area contributed by atoms with Gasteiger partial charge in [0, 0.05) is 6.54 Å². The number of nitrogens with zero attached hydrogens (tertiary/aromatic N) is 1. The first-order chi connectivity index (χ1) is 9.70. The van der Waals surface area contributed by atoms with Crippen molar-refractivity contribution in [3.8, 4) is 0 Å². The molecule has 20 heavy (non-hydrogen) atoms. The number of nitrogen functional groups attached to an aromatic ring is 1. The Morgan fingerprint density at radius 2 is 2.10 bits per heavy atom. The van der Waals surface area contributed by atoms with Crippen molar-refractivity contribution in [2.75, 3.05) is 24.3 Å². The zero-order valence-corrected chi connectivity index (χ0v) is 13.3. The molecule has 0 atom stereocenters. The van der Waals surface area contributed by atoms with E-state index in [4.69, 9.17) is 5.73 Å². The van der Waals surface area contributed by atoms with Crippen molar-refractivity contribution in [3.63, 3.8) is 0 Å². The van der Waals surface area contributed by atoms with Gasteiger partial charge in [0.05, 0.1) is 11.4 Å². The van der Waals surface area contributed by atoms with Gasteiger partial charge in [-0.2, -0.15) is 16.9 Å². The largest absolute Gasteiger partial charge is 0.395 e. The Balaban J connectivity index is 2.25. The topological polar surface area (TPSA) is 83.8 Å². The molecule has 6 heteroatoms. The van der Waals surface area contributed by atoms with E-state index in [1.54, 1.807) is 0 Å². The van der Waals surface area contributed by atoms with Crippen LogP contribution in [0.25, 0.3) is 0 Å². The number of hydrogen-bond acceptors (Lipinski definition) is 4. The van der Waals surface area contributed by atoms with Gasteiger partial charge in [-0.1, -0.05) is 26.2 Å². The van der Waals surface area contributed by atoms with Crippen LogP contribution in [0.5, 0.6) is 0 Å². The fourth-order valence-electron chi connectivity index (χ4n) is 2.01. The third-order valence-electron chi connectivity index (χ3n) is 3.16. The molecule has 0 fully saturated rings. The molecule has 1 aromatic rings. The molecular formula is C14H26N4OS. The smallest absolute Gasteiger partial charge is 0.273 e. The van der Waals surface area contributed by atoms with Crippen molar-refractivity contribution in [1.82, 2.24) is 15.5 Å². The highest BCUT2D eigenvalue weighted by Crippen LogP contribution is 2.15. The minimum atomic E-state index is -0.176. The van der Waals surface area contributed by atoms with Gasteiger partial charge >= 0.3 is 0 Å². The fourth-order valence-corrected chi connectivity index (χ4v) is 2.50. The van der Waals surface area contributed by atoms with Crippen LogP contribution in [-0.2, 0) is 6.42 Å². The molecule has 1 aromatic heterocycles. The molecule has 0 aliphatic rings. The molecule has 5 nitrogen and oxygen atoms in total. The van der Waals surface area contributed by atoms with E-state index >= 15 is 0 Å². The van der Waals surface area contributed by atoms with E-state index in [0.717, 1.165) is 31.4 Å². The quantitative estimate of drug-likeness (QED) is 0.580. The average Bonchev–Trinajstić information content (AvgIpc) is 2.80. The van der Waals surface area contributed by atoms with Crippen LogP contribution in [0.2, 0.25) is 0 Å². The zero-order valence-electron chi connectivity index (χ0n) is 12.5. The number of carbonyl (C=O) groups excluding carboxylic acids is 1. The SMILES string of the molecule is CCCc1[nH]nc(C(=O)NCCCCCCSC)c1N. The number of nitrogens with two attached hydrogens (primary N) is 1. The maximum Gasteiger partial charge on any atom is 0.273 e. The van der Waals surface area contributed by atoms with Crippen molar-refractivity contribution in [3.05, 3.63) is 11.4 Å². The molecule has 0 saturated carbocycles. The molecule has 0 saturated heterocycles. The Kier molecular flexibility index (Phi) is 8.18. The van der Waals surface area contributed by atoms with Gasteiger partial charge in [-0.3, -0.25) is 9.89 Å². The molecule has 0 spiro atoms. The van der Waals surface area contributed by atoms with Crippen LogP contribution < -0.4 is 11.1 Å². The second kappa shape index (κ2) is 9.69. The van der Waals surface area contributed by atoms with Crippen molar-refractivity contribution in [2.45, 2.75) is 45.4 Å². The summed E-state index contributed by atoms with van der Waals surface area (Å²) in [5, 5.41) is 9.73. The Bertz CT molecular complexity index is 406. The molecule has 0 unspecified atom stereocenters. The maximum absolute atomic E-state index is 11.9. The van der Waals surface area contributed by atoms with Gasteiger partial charge in [0.1, 0.15) is 0 Å². The predicted molar refractivity (Wildman–Crippen MR) is 86.2 cm³/mol. The molecule has 0 radical (unpaired) electrons. The van der Waals surface area contributed by atoms with Gasteiger partial charge in [-0.05, 0) is 31.3 Å². The molecule has 1 rings (SSSR count). The van der Waals surface area contributed by atoms with Gasteiger partial charge in [-0.15, -0.1) is 0 Å². The van der Waals surface area contributed by atoms with E-state index in [2.05, 4.69) is 28.7 Å². The molecule has 1 heterocycles. The number of amides is 1. The summed E-state index contributed by atoms with van der Waals surface area (Å²) in [6, 6.07) is 0. The van der Waals surface area contributed by atoms with Crippen LogP contribution >= 0.6 is 11.8 Å². The minimum absolute atomic E-state index is 0.176. The predicted octanol–water partition coefficient (Wildman–Crippen LogP) is 2.60. The molecular weight excluding hydrogens is 272 g/mol. The summed E-state index contributed by atoms with van der Waals surface area (Å²) >= 11 is 1.88. The van der Waals surface area contributed by atoms with Crippen molar-refractivity contribution >= 4 is 23.4 Å². The lowest BCUT2D eigenvalue weighted by Crippen LogP contribution is -2.25. The van der Waals surface area contributed by atoms with Gasteiger partial charge in [0.2, 0.25) is 0 Å². The molecule has 114 valence electrons. The first-order valence-corrected chi connectivity index (χ1v) is 8.69. The highest BCUT2D eigenvalue weighted by Gasteiger charge is 2.15. The van der Waals surface area contributed by atoms with Crippen LogP contribution in [0.3, 0.4) is 0 Å². The number of aryl methyl sites for hydroxylation is 1. The monoisotopic (exact) mass is 298 g/mol.